The topological polar surface area (TPSA) is 26.3 Å². The Hall–Kier alpha value is -0.740. The van der Waals surface area contributed by atoms with Gasteiger partial charge in [-0.25, -0.2) is 4.79 Å². The molecule has 0 aliphatic heterocycles. The lowest BCUT2D eigenvalue weighted by Crippen LogP contribution is -2.54. The average molecular weight is 485 g/mol. The first-order valence-corrected chi connectivity index (χ1v) is 14.1. The van der Waals surface area contributed by atoms with Crippen LogP contribution < -0.4 is 0 Å². The van der Waals surface area contributed by atoms with Crippen LogP contribution >= 0.6 is 0 Å². The number of hydrogen-bond acceptors (Lipinski definition) is 2. The lowest BCUT2D eigenvalue weighted by atomic mass is 9.44. The Morgan fingerprint density at radius 1 is 0.912 bits per heavy atom. The molecule has 5 heteroatoms. The maximum Gasteiger partial charge on any atom is 0.490 e. The van der Waals surface area contributed by atoms with Gasteiger partial charge in [0.15, 0.2) is 0 Å². The van der Waals surface area contributed by atoms with Crippen molar-refractivity contribution in [1.29, 1.82) is 0 Å². The minimum atomic E-state index is -4.89. The molecule has 34 heavy (non-hydrogen) atoms. The van der Waals surface area contributed by atoms with E-state index in [-0.39, 0.29) is 5.41 Å². The number of hydrogen-bond donors (Lipinski definition) is 0. The molecule has 0 aromatic carbocycles. The predicted molar refractivity (Wildman–Crippen MR) is 129 cm³/mol. The van der Waals surface area contributed by atoms with Gasteiger partial charge in [0.1, 0.15) is 6.10 Å². The van der Waals surface area contributed by atoms with Gasteiger partial charge in [0.2, 0.25) is 0 Å². The second kappa shape index (κ2) is 9.61. The fraction of sp³-hybridized carbons (Fsp3) is 0.966. The van der Waals surface area contributed by atoms with E-state index >= 15 is 0 Å². The first kappa shape index (κ1) is 26.3. The molecule has 0 unspecified atom stereocenters. The Labute approximate surface area is 205 Å². The number of fused-ring (bicyclic) bond motifs is 5. The summed E-state index contributed by atoms with van der Waals surface area (Å²) in [5.74, 6) is 3.05. The monoisotopic (exact) mass is 484 g/mol. The van der Waals surface area contributed by atoms with Crippen molar-refractivity contribution in [2.24, 2.45) is 52.3 Å². The predicted octanol–water partition coefficient (Wildman–Crippen LogP) is 8.58. The van der Waals surface area contributed by atoms with Crippen LogP contribution in [0, 0.1) is 52.3 Å². The summed E-state index contributed by atoms with van der Waals surface area (Å²) in [4.78, 5) is 11.4. The molecule has 0 bridgehead atoms. The number of alkyl halides is 3. The van der Waals surface area contributed by atoms with Crippen molar-refractivity contribution in [1.82, 2.24) is 0 Å². The largest absolute Gasteiger partial charge is 0.490 e. The van der Waals surface area contributed by atoms with E-state index in [0.29, 0.717) is 30.1 Å². The normalized spacial score (nSPS) is 43.1. The second-order valence-corrected chi connectivity index (χ2v) is 13.5. The second-order valence-electron chi connectivity index (χ2n) is 13.5. The van der Waals surface area contributed by atoms with Crippen molar-refractivity contribution >= 4 is 5.97 Å². The van der Waals surface area contributed by atoms with E-state index in [4.69, 9.17) is 4.74 Å². The van der Waals surface area contributed by atoms with E-state index in [1.807, 2.05) is 0 Å². The van der Waals surface area contributed by atoms with Crippen LogP contribution in [0.5, 0.6) is 0 Å². The van der Waals surface area contributed by atoms with E-state index in [9.17, 15) is 18.0 Å². The fourth-order valence-electron chi connectivity index (χ4n) is 9.57. The molecule has 196 valence electrons. The summed E-state index contributed by atoms with van der Waals surface area (Å²) in [6.45, 7) is 12.2. The minimum Gasteiger partial charge on any atom is -0.456 e. The van der Waals surface area contributed by atoms with E-state index in [1.54, 1.807) is 0 Å². The molecule has 0 saturated heterocycles. The van der Waals surface area contributed by atoms with Crippen molar-refractivity contribution in [3.05, 3.63) is 0 Å². The number of ether oxygens (including phenoxy) is 1. The van der Waals surface area contributed by atoms with Crippen LogP contribution in [0.25, 0.3) is 0 Å². The molecular formula is C29H47F3O2. The third kappa shape index (κ3) is 4.80. The van der Waals surface area contributed by atoms with Crippen molar-refractivity contribution in [2.75, 3.05) is 0 Å². The van der Waals surface area contributed by atoms with Crippen molar-refractivity contribution in [2.45, 2.75) is 124 Å². The highest BCUT2D eigenvalue weighted by Gasteiger charge is 2.61. The standard InChI is InChI=1S/C29H47F3O2/c1-18(2)7-6-8-19(3)23-11-12-24-22-10-9-20-17-21(34-26(33)29(30,31)32)13-15-27(20,4)25(22)14-16-28(23,24)5/h18-25H,6-17H2,1-5H3/t19-,20+,21+,22+,23-,24+,25+,27+,28-/m1/s1. The number of rotatable bonds is 6. The molecule has 0 radical (unpaired) electrons. The third-order valence-electron chi connectivity index (χ3n) is 11.3. The first-order valence-electron chi connectivity index (χ1n) is 14.1. The third-order valence-corrected chi connectivity index (χ3v) is 11.3. The van der Waals surface area contributed by atoms with Gasteiger partial charge in [0.25, 0.3) is 0 Å². The van der Waals surface area contributed by atoms with Gasteiger partial charge in [0.05, 0.1) is 0 Å². The molecule has 4 aliphatic rings. The van der Waals surface area contributed by atoms with Crippen LogP contribution in [0.1, 0.15) is 112 Å². The Morgan fingerprint density at radius 2 is 1.59 bits per heavy atom. The van der Waals surface area contributed by atoms with Crippen LogP contribution in [0.4, 0.5) is 13.2 Å². The Kier molecular flexibility index (Phi) is 7.44. The minimum absolute atomic E-state index is 0.187. The van der Waals surface area contributed by atoms with Gasteiger partial charge < -0.3 is 4.74 Å². The molecule has 0 amide bonds. The van der Waals surface area contributed by atoms with Gasteiger partial charge >= 0.3 is 12.1 Å². The Bertz CT molecular complexity index is 733. The molecule has 0 spiro atoms. The van der Waals surface area contributed by atoms with Crippen LogP contribution in [-0.2, 0) is 9.53 Å². The number of carbonyl (C=O) groups is 1. The maximum atomic E-state index is 12.7. The molecule has 0 aromatic rings. The molecule has 0 aromatic heterocycles. The Morgan fingerprint density at radius 3 is 2.26 bits per heavy atom. The number of esters is 1. The van der Waals surface area contributed by atoms with E-state index in [0.717, 1.165) is 42.4 Å². The van der Waals surface area contributed by atoms with Crippen molar-refractivity contribution < 1.29 is 22.7 Å². The van der Waals surface area contributed by atoms with Crippen LogP contribution in [0.2, 0.25) is 0 Å². The first-order chi connectivity index (χ1) is 15.9. The smallest absolute Gasteiger partial charge is 0.456 e. The van der Waals surface area contributed by atoms with Gasteiger partial charge in [-0.15, -0.1) is 0 Å². The summed E-state index contributed by atoms with van der Waals surface area (Å²) in [7, 11) is 0. The number of halogens is 3. The van der Waals surface area contributed by atoms with E-state index in [1.165, 1.54) is 51.4 Å². The zero-order valence-electron chi connectivity index (χ0n) is 22.1. The van der Waals surface area contributed by atoms with E-state index < -0.39 is 18.2 Å². The van der Waals surface area contributed by atoms with Crippen LogP contribution in [0.3, 0.4) is 0 Å². The quantitative estimate of drug-likeness (QED) is 0.353. The highest BCUT2D eigenvalue weighted by atomic mass is 19.4. The summed E-state index contributed by atoms with van der Waals surface area (Å²) in [5, 5.41) is 0. The average Bonchev–Trinajstić information content (AvgIpc) is 3.10. The zero-order chi connectivity index (χ0) is 24.9. The highest BCUT2D eigenvalue weighted by molar-refractivity contribution is 5.75. The summed E-state index contributed by atoms with van der Waals surface area (Å²) >= 11 is 0. The molecule has 4 aliphatic carbocycles. The molecule has 2 nitrogen and oxygen atoms in total. The van der Waals surface area contributed by atoms with E-state index in [2.05, 4.69) is 34.6 Å². The number of carbonyl (C=O) groups excluding carboxylic acids is 1. The van der Waals surface area contributed by atoms with Crippen molar-refractivity contribution in [3.63, 3.8) is 0 Å². The molecular weight excluding hydrogens is 437 g/mol. The van der Waals surface area contributed by atoms with Gasteiger partial charge in [-0.1, -0.05) is 53.9 Å². The van der Waals surface area contributed by atoms with Crippen LogP contribution in [0.15, 0.2) is 0 Å². The van der Waals surface area contributed by atoms with Gasteiger partial charge in [-0.05, 0) is 110 Å². The molecule has 4 rings (SSSR count). The molecule has 4 saturated carbocycles. The molecule has 0 heterocycles. The van der Waals surface area contributed by atoms with Gasteiger partial charge in [-0.3, -0.25) is 0 Å². The SMILES string of the molecule is CC(C)CCC[C@@H](C)[C@H]1CC[C@H]2[C@@H]3CC[C@H]4C[C@@H](OC(=O)C(F)(F)F)CC[C@]4(C)[C@H]3CC[C@]12C. The maximum absolute atomic E-state index is 12.7. The molecule has 0 N–H and O–H groups in total. The lowest BCUT2D eigenvalue weighted by Gasteiger charge is -2.61. The van der Waals surface area contributed by atoms with Gasteiger partial charge in [-0.2, -0.15) is 13.2 Å². The summed E-state index contributed by atoms with van der Waals surface area (Å²) in [6, 6.07) is 0. The highest BCUT2D eigenvalue weighted by Crippen LogP contribution is 2.68. The van der Waals surface area contributed by atoms with Crippen LogP contribution in [-0.4, -0.2) is 18.2 Å². The summed E-state index contributed by atoms with van der Waals surface area (Å²) < 4.78 is 43.0. The molecule has 9 atom stereocenters. The molecule has 4 fully saturated rings. The fourth-order valence-corrected chi connectivity index (χ4v) is 9.57. The zero-order valence-corrected chi connectivity index (χ0v) is 22.1. The summed E-state index contributed by atoms with van der Waals surface area (Å²) in [6.07, 6.45) is 8.28. The Balaban J connectivity index is 1.41. The lowest BCUT2D eigenvalue weighted by molar-refractivity contribution is -0.210. The summed E-state index contributed by atoms with van der Waals surface area (Å²) in [5.41, 5.74) is 0.646. The van der Waals surface area contributed by atoms with Gasteiger partial charge in [0, 0.05) is 0 Å². The van der Waals surface area contributed by atoms with Crippen molar-refractivity contribution in [3.8, 4) is 0 Å².